The van der Waals surface area contributed by atoms with Crippen LogP contribution in [0.4, 0.5) is 5.82 Å². The molecule has 5 nitrogen and oxygen atoms in total. The first kappa shape index (κ1) is 14.3. The molecule has 0 aliphatic carbocycles. The smallest absolute Gasteiger partial charge is 0.263 e. The van der Waals surface area contributed by atoms with Crippen molar-refractivity contribution in [1.29, 1.82) is 0 Å². The quantitative estimate of drug-likeness (QED) is 0.800. The molecule has 0 spiro atoms. The summed E-state index contributed by atoms with van der Waals surface area (Å²) < 4.78 is 32.1. The van der Waals surface area contributed by atoms with E-state index in [1.807, 2.05) is 37.3 Å². The summed E-state index contributed by atoms with van der Waals surface area (Å²) in [5.41, 5.74) is 1.82. The molecule has 1 aromatic heterocycles. The predicted molar refractivity (Wildman–Crippen MR) is 83.9 cm³/mol. The maximum atomic E-state index is 12.3. The highest BCUT2D eigenvalue weighted by Gasteiger charge is 2.16. The molecule has 0 atom stereocenters. The Morgan fingerprint density at radius 3 is 2.36 bits per heavy atom. The van der Waals surface area contributed by atoms with Crippen molar-refractivity contribution in [3.63, 3.8) is 0 Å². The average Bonchev–Trinajstić information content (AvgIpc) is 2.96. The zero-order valence-corrected chi connectivity index (χ0v) is 12.7. The van der Waals surface area contributed by atoms with Gasteiger partial charge in [-0.1, -0.05) is 53.2 Å². The van der Waals surface area contributed by atoms with Crippen molar-refractivity contribution < 1.29 is 12.9 Å². The number of aryl methyl sites for hydroxylation is 1. The number of anilines is 1. The standard InChI is InChI=1S/C16H14N2O3S/c1-12-7-9-14(10-8-12)22(19,20)18-16-11-15(21-17-16)13-5-3-2-4-6-13/h2-11H,1H3,(H,17,18). The second-order valence-electron chi connectivity index (χ2n) is 4.86. The highest BCUT2D eigenvalue weighted by Crippen LogP contribution is 2.23. The highest BCUT2D eigenvalue weighted by atomic mass is 32.2. The minimum absolute atomic E-state index is 0.152. The third kappa shape index (κ3) is 3.01. The van der Waals surface area contributed by atoms with Gasteiger partial charge < -0.3 is 4.52 Å². The summed E-state index contributed by atoms with van der Waals surface area (Å²) in [6, 6.07) is 17.5. The largest absolute Gasteiger partial charge is 0.354 e. The predicted octanol–water partition coefficient (Wildman–Crippen LogP) is 3.45. The van der Waals surface area contributed by atoms with Crippen molar-refractivity contribution >= 4 is 15.8 Å². The van der Waals surface area contributed by atoms with Crippen LogP contribution in [-0.4, -0.2) is 13.6 Å². The summed E-state index contributed by atoms with van der Waals surface area (Å²) in [4.78, 5) is 0.183. The fourth-order valence-electron chi connectivity index (χ4n) is 1.98. The molecule has 0 amide bonds. The van der Waals surface area contributed by atoms with E-state index in [0.29, 0.717) is 5.76 Å². The monoisotopic (exact) mass is 314 g/mol. The topological polar surface area (TPSA) is 72.2 Å². The number of nitrogens with zero attached hydrogens (tertiary/aromatic N) is 1. The minimum Gasteiger partial charge on any atom is -0.354 e. The number of benzene rings is 2. The maximum Gasteiger partial charge on any atom is 0.263 e. The molecule has 0 unspecified atom stereocenters. The van der Waals surface area contributed by atoms with E-state index >= 15 is 0 Å². The fourth-order valence-corrected chi connectivity index (χ4v) is 2.96. The third-order valence-corrected chi connectivity index (χ3v) is 4.51. The zero-order chi connectivity index (χ0) is 15.6. The zero-order valence-electron chi connectivity index (χ0n) is 11.9. The molecule has 1 N–H and O–H groups in total. The van der Waals surface area contributed by atoms with Crippen molar-refractivity contribution in [2.75, 3.05) is 4.72 Å². The van der Waals surface area contributed by atoms with Gasteiger partial charge in [-0.3, -0.25) is 4.72 Å². The lowest BCUT2D eigenvalue weighted by Gasteiger charge is -2.04. The van der Waals surface area contributed by atoms with Crippen molar-refractivity contribution in [3.05, 3.63) is 66.2 Å². The van der Waals surface area contributed by atoms with Gasteiger partial charge in [-0.15, -0.1) is 0 Å². The van der Waals surface area contributed by atoms with E-state index in [4.69, 9.17) is 4.52 Å². The Hall–Kier alpha value is -2.60. The van der Waals surface area contributed by atoms with Gasteiger partial charge in [-0.2, -0.15) is 0 Å². The molecule has 0 saturated heterocycles. The second-order valence-corrected chi connectivity index (χ2v) is 6.54. The van der Waals surface area contributed by atoms with Crippen LogP contribution in [0.3, 0.4) is 0 Å². The molecule has 6 heteroatoms. The van der Waals surface area contributed by atoms with E-state index in [9.17, 15) is 8.42 Å². The molecule has 0 saturated carbocycles. The lowest BCUT2D eigenvalue weighted by molar-refractivity contribution is 0.435. The van der Waals surface area contributed by atoms with Gasteiger partial charge >= 0.3 is 0 Å². The molecule has 0 fully saturated rings. The number of hydrogen-bond donors (Lipinski definition) is 1. The molecule has 0 bridgehead atoms. The molecule has 1 heterocycles. The van der Waals surface area contributed by atoms with Crippen LogP contribution in [0.5, 0.6) is 0 Å². The van der Waals surface area contributed by atoms with Gasteiger partial charge in [0.25, 0.3) is 10.0 Å². The molecular weight excluding hydrogens is 300 g/mol. The third-order valence-electron chi connectivity index (χ3n) is 3.14. The fraction of sp³-hybridized carbons (Fsp3) is 0.0625. The van der Waals surface area contributed by atoms with E-state index < -0.39 is 10.0 Å². The molecule has 0 aliphatic heterocycles. The van der Waals surface area contributed by atoms with Gasteiger partial charge in [0, 0.05) is 11.6 Å². The first-order valence-electron chi connectivity index (χ1n) is 6.66. The van der Waals surface area contributed by atoms with E-state index in [1.165, 1.54) is 0 Å². The first-order chi connectivity index (χ1) is 10.5. The van der Waals surface area contributed by atoms with Crippen molar-refractivity contribution in [3.8, 4) is 11.3 Å². The van der Waals surface area contributed by atoms with Gasteiger partial charge in [0.05, 0.1) is 4.90 Å². The Kier molecular flexibility index (Phi) is 3.68. The number of aromatic nitrogens is 1. The van der Waals surface area contributed by atoms with E-state index in [-0.39, 0.29) is 10.7 Å². The Labute approximate surface area is 128 Å². The number of rotatable bonds is 4. The summed E-state index contributed by atoms with van der Waals surface area (Å²) in [6.07, 6.45) is 0. The average molecular weight is 314 g/mol. The number of nitrogens with one attached hydrogen (secondary N) is 1. The van der Waals surface area contributed by atoms with Gasteiger partial charge in [0.2, 0.25) is 0 Å². The van der Waals surface area contributed by atoms with Crippen LogP contribution in [0, 0.1) is 6.92 Å². The molecule has 3 aromatic rings. The molecule has 112 valence electrons. The normalized spacial score (nSPS) is 11.3. The van der Waals surface area contributed by atoms with Crippen LogP contribution < -0.4 is 4.72 Å². The van der Waals surface area contributed by atoms with E-state index in [1.54, 1.807) is 30.3 Å². The van der Waals surface area contributed by atoms with E-state index in [2.05, 4.69) is 9.88 Å². The molecule has 0 radical (unpaired) electrons. The van der Waals surface area contributed by atoms with Gasteiger partial charge in [-0.05, 0) is 19.1 Å². The molecule has 3 rings (SSSR count). The second kappa shape index (κ2) is 5.65. The Morgan fingerprint density at radius 2 is 1.68 bits per heavy atom. The molecule has 0 aliphatic rings. The van der Waals surface area contributed by atoms with Crippen LogP contribution in [0.25, 0.3) is 11.3 Å². The summed E-state index contributed by atoms with van der Waals surface area (Å²) >= 11 is 0. The summed E-state index contributed by atoms with van der Waals surface area (Å²) in [5.74, 6) is 0.654. The number of sulfonamides is 1. The molecule has 2 aromatic carbocycles. The van der Waals surface area contributed by atoms with Gasteiger partial charge in [0.1, 0.15) is 0 Å². The van der Waals surface area contributed by atoms with Crippen molar-refractivity contribution in [2.45, 2.75) is 11.8 Å². The molecule has 22 heavy (non-hydrogen) atoms. The van der Waals surface area contributed by atoms with Gasteiger partial charge in [0.15, 0.2) is 11.6 Å². The van der Waals surface area contributed by atoms with Crippen molar-refractivity contribution in [2.24, 2.45) is 0 Å². The summed E-state index contributed by atoms with van der Waals surface area (Å²) in [5, 5.41) is 3.76. The minimum atomic E-state index is -3.67. The van der Waals surface area contributed by atoms with Crippen LogP contribution in [-0.2, 0) is 10.0 Å². The summed E-state index contributed by atoms with van der Waals surface area (Å²) in [7, 11) is -3.67. The van der Waals surface area contributed by atoms with Crippen LogP contribution >= 0.6 is 0 Å². The lowest BCUT2D eigenvalue weighted by atomic mass is 10.2. The SMILES string of the molecule is Cc1ccc(S(=O)(=O)Nc2cc(-c3ccccc3)on2)cc1. The number of hydrogen-bond acceptors (Lipinski definition) is 4. The Bertz CT molecular complexity index is 869. The van der Waals surface area contributed by atoms with Crippen LogP contribution in [0.15, 0.2) is 70.1 Å². The summed E-state index contributed by atoms with van der Waals surface area (Å²) in [6.45, 7) is 1.90. The molecular formula is C16H14N2O3S. The Morgan fingerprint density at radius 1 is 1.00 bits per heavy atom. The highest BCUT2D eigenvalue weighted by molar-refractivity contribution is 7.92. The first-order valence-corrected chi connectivity index (χ1v) is 8.14. The van der Waals surface area contributed by atoms with Crippen LogP contribution in [0.2, 0.25) is 0 Å². The van der Waals surface area contributed by atoms with E-state index in [0.717, 1.165) is 11.1 Å². The Balaban J connectivity index is 1.84. The maximum absolute atomic E-state index is 12.3. The lowest BCUT2D eigenvalue weighted by Crippen LogP contribution is -2.12. The van der Waals surface area contributed by atoms with Gasteiger partial charge in [-0.25, -0.2) is 8.42 Å². The van der Waals surface area contributed by atoms with Crippen LogP contribution in [0.1, 0.15) is 5.56 Å². The van der Waals surface area contributed by atoms with Crippen molar-refractivity contribution in [1.82, 2.24) is 5.16 Å².